The maximum absolute atomic E-state index is 12.6. The van der Waals surface area contributed by atoms with Crippen LogP contribution < -0.4 is 10.1 Å². The van der Waals surface area contributed by atoms with Crippen molar-refractivity contribution in [3.63, 3.8) is 0 Å². The molecule has 0 fully saturated rings. The van der Waals surface area contributed by atoms with Gasteiger partial charge in [0.15, 0.2) is 0 Å². The summed E-state index contributed by atoms with van der Waals surface area (Å²) in [6.07, 6.45) is 1.47. The summed E-state index contributed by atoms with van der Waals surface area (Å²) in [6, 6.07) is 9.25. The van der Waals surface area contributed by atoms with E-state index in [4.69, 9.17) is 4.74 Å². The fourth-order valence-corrected chi connectivity index (χ4v) is 3.79. The fourth-order valence-electron chi connectivity index (χ4n) is 2.29. The number of nitrogens with one attached hydrogen (secondary N) is 1. The first-order valence-corrected chi connectivity index (χ1v) is 9.28. The first kappa shape index (κ1) is 18.9. The molecule has 0 saturated heterocycles. The Morgan fingerprint density at radius 2 is 1.92 bits per heavy atom. The minimum Gasteiger partial charge on any atom is -0.481 e. The zero-order chi connectivity index (χ0) is 18.4. The molecule has 25 heavy (non-hydrogen) atoms. The molecule has 0 saturated carbocycles. The van der Waals surface area contributed by atoms with Gasteiger partial charge in [0, 0.05) is 24.7 Å². The second kappa shape index (κ2) is 8.09. The number of rotatable bonds is 7. The van der Waals surface area contributed by atoms with Crippen LogP contribution in [0.2, 0.25) is 0 Å². The molecule has 134 valence electrons. The van der Waals surface area contributed by atoms with E-state index >= 15 is 0 Å². The molecule has 0 unspecified atom stereocenters. The van der Waals surface area contributed by atoms with Gasteiger partial charge >= 0.3 is 0 Å². The number of carbonyl (C=O) groups is 1. The van der Waals surface area contributed by atoms with E-state index in [1.54, 1.807) is 38.1 Å². The molecule has 2 aromatic rings. The van der Waals surface area contributed by atoms with Crippen molar-refractivity contribution in [3.05, 3.63) is 48.2 Å². The highest BCUT2D eigenvalue weighted by Crippen LogP contribution is 2.18. The number of sulfonamides is 1. The lowest BCUT2D eigenvalue weighted by Gasteiger charge is -2.18. The molecule has 1 heterocycles. The van der Waals surface area contributed by atoms with Crippen molar-refractivity contribution < 1.29 is 17.9 Å². The summed E-state index contributed by atoms with van der Waals surface area (Å²) < 4.78 is 31.4. The Bertz CT molecular complexity index is 831. The van der Waals surface area contributed by atoms with E-state index in [0.717, 1.165) is 0 Å². The Labute approximate surface area is 147 Å². The highest BCUT2D eigenvalue weighted by atomic mass is 32.2. The van der Waals surface area contributed by atoms with Crippen LogP contribution in [-0.2, 0) is 10.0 Å². The Morgan fingerprint density at radius 3 is 2.48 bits per heavy atom. The van der Waals surface area contributed by atoms with Crippen LogP contribution in [0.1, 0.15) is 24.2 Å². The van der Waals surface area contributed by atoms with Crippen molar-refractivity contribution >= 4 is 21.6 Å². The minimum atomic E-state index is -3.61. The average molecular weight is 363 g/mol. The molecule has 1 aromatic carbocycles. The largest absolute Gasteiger partial charge is 0.481 e. The summed E-state index contributed by atoms with van der Waals surface area (Å²) >= 11 is 0. The van der Waals surface area contributed by atoms with Crippen LogP contribution in [-0.4, -0.2) is 43.8 Å². The molecule has 1 amide bonds. The first-order chi connectivity index (χ1) is 11.9. The Morgan fingerprint density at radius 1 is 1.20 bits per heavy atom. The van der Waals surface area contributed by atoms with E-state index in [2.05, 4.69) is 10.3 Å². The third-order valence-corrected chi connectivity index (χ3v) is 5.69. The lowest BCUT2D eigenvalue weighted by molar-refractivity contribution is 0.102. The fraction of sp³-hybridized carbons (Fsp3) is 0.294. The van der Waals surface area contributed by atoms with Gasteiger partial charge in [-0.1, -0.05) is 19.9 Å². The topological polar surface area (TPSA) is 88.6 Å². The molecule has 0 aliphatic rings. The van der Waals surface area contributed by atoms with Crippen LogP contribution >= 0.6 is 0 Å². The number of ether oxygens (including phenoxy) is 1. The summed E-state index contributed by atoms with van der Waals surface area (Å²) in [6.45, 7) is 4.28. The number of carbonyl (C=O) groups excluding carboxylic acids is 1. The highest BCUT2D eigenvalue weighted by Gasteiger charge is 2.22. The monoisotopic (exact) mass is 363 g/mol. The van der Waals surface area contributed by atoms with Gasteiger partial charge < -0.3 is 10.1 Å². The van der Waals surface area contributed by atoms with E-state index in [1.807, 2.05) is 0 Å². The number of amides is 1. The van der Waals surface area contributed by atoms with Gasteiger partial charge in [-0.3, -0.25) is 4.79 Å². The number of pyridine rings is 1. The Hall–Kier alpha value is -2.45. The molecule has 0 aliphatic heterocycles. The number of hydrogen-bond acceptors (Lipinski definition) is 5. The van der Waals surface area contributed by atoms with E-state index in [9.17, 15) is 13.2 Å². The van der Waals surface area contributed by atoms with Gasteiger partial charge in [-0.25, -0.2) is 13.4 Å². The Balaban J connectivity index is 2.23. The molecule has 2 rings (SSSR count). The zero-order valence-corrected chi connectivity index (χ0v) is 15.2. The third kappa shape index (κ3) is 4.34. The molecule has 0 aliphatic carbocycles. The number of benzene rings is 1. The van der Waals surface area contributed by atoms with Crippen molar-refractivity contribution in [2.24, 2.45) is 0 Å². The molecule has 0 radical (unpaired) electrons. The lowest BCUT2D eigenvalue weighted by atomic mass is 10.2. The van der Waals surface area contributed by atoms with Crippen LogP contribution in [0, 0.1) is 0 Å². The third-order valence-electron chi connectivity index (χ3n) is 3.64. The van der Waals surface area contributed by atoms with Crippen molar-refractivity contribution in [3.8, 4) is 5.88 Å². The molecular formula is C17H21N3O4S. The molecular weight excluding hydrogens is 342 g/mol. The van der Waals surface area contributed by atoms with Crippen molar-refractivity contribution in [2.45, 2.75) is 18.7 Å². The lowest BCUT2D eigenvalue weighted by Crippen LogP contribution is -2.30. The summed E-state index contributed by atoms with van der Waals surface area (Å²) in [5, 5.41) is 2.68. The van der Waals surface area contributed by atoms with Crippen LogP contribution in [0.5, 0.6) is 5.88 Å². The van der Waals surface area contributed by atoms with E-state index in [0.29, 0.717) is 24.7 Å². The predicted molar refractivity (Wildman–Crippen MR) is 95.3 cm³/mol. The summed E-state index contributed by atoms with van der Waals surface area (Å²) in [4.78, 5) is 16.5. The average Bonchev–Trinajstić information content (AvgIpc) is 2.63. The van der Waals surface area contributed by atoms with Crippen molar-refractivity contribution in [2.75, 3.05) is 25.5 Å². The first-order valence-electron chi connectivity index (χ1n) is 7.84. The Kier molecular flexibility index (Phi) is 6.11. The van der Waals surface area contributed by atoms with Gasteiger partial charge in [0.05, 0.1) is 23.9 Å². The normalized spacial score (nSPS) is 11.4. The van der Waals surface area contributed by atoms with Crippen LogP contribution in [0.4, 0.5) is 5.69 Å². The van der Waals surface area contributed by atoms with Crippen LogP contribution in [0.25, 0.3) is 0 Å². The second-order valence-corrected chi connectivity index (χ2v) is 7.10. The van der Waals surface area contributed by atoms with Gasteiger partial charge in [-0.05, 0) is 24.3 Å². The molecule has 0 bridgehead atoms. The highest BCUT2D eigenvalue weighted by molar-refractivity contribution is 7.89. The minimum absolute atomic E-state index is 0.0942. The number of anilines is 1. The van der Waals surface area contributed by atoms with Gasteiger partial charge in [0.25, 0.3) is 5.91 Å². The van der Waals surface area contributed by atoms with E-state index in [1.165, 1.54) is 29.7 Å². The smallest absolute Gasteiger partial charge is 0.255 e. The number of aromatic nitrogens is 1. The quantitative estimate of drug-likeness (QED) is 0.816. The van der Waals surface area contributed by atoms with E-state index < -0.39 is 15.9 Å². The summed E-state index contributed by atoms with van der Waals surface area (Å²) in [7, 11) is -2.11. The number of hydrogen-bond donors (Lipinski definition) is 1. The van der Waals surface area contributed by atoms with Crippen molar-refractivity contribution in [1.82, 2.24) is 9.29 Å². The van der Waals surface area contributed by atoms with Gasteiger partial charge in [0.1, 0.15) is 0 Å². The zero-order valence-electron chi connectivity index (χ0n) is 14.4. The van der Waals surface area contributed by atoms with Crippen LogP contribution in [0.3, 0.4) is 0 Å². The molecule has 8 heteroatoms. The number of methoxy groups -OCH3 is 1. The number of nitrogens with zero attached hydrogens (tertiary/aromatic N) is 2. The molecule has 7 nitrogen and oxygen atoms in total. The summed E-state index contributed by atoms with van der Waals surface area (Å²) in [5.74, 6) is 0.0221. The second-order valence-electron chi connectivity index (χ2n) is 5.16. The standard InChI is InChI=1S/C17H21N3O4S/c1-4-20(5-2)25(22,23)15-8-6-7-13(11-15)17(21)19-14-9-10-16(24-3)18-12-14/h6-12H,4-5H2,1-3H3,(H,19,21). The van der Waals surface area contributed by atoms with Gasteiger partial charge in [-0.15, -0.1) is 0 Å². The molecule has 0 spiro atoms. The molecule has 0 atom stereocenters. The maximum atomic E-state index is 12.6. The van der Waals surface area contributed by atoms with Gasteiger partial charge in [0.2, 0.25) is 15.9 Å². The van der Waals surface area contributed by atoms with E-state index in [-0.39, 0.29) is 10.5 Å². The van der Waals surface area contributed by atoms with Crippen molar-refractivity contribution in [1.29, 1.82) is 0 Å². The molecule has 1 N–H and O–H groups in total. The SMILES string of the molecule is CCN(CC)S(=O)(=O)c1cccc(C(=O)Nc2ccc(OC)nc2)c1. The maximum Gasteiger partial charge on any atom is 0.255 e. The molecule has 1 aromatic heterocycles. The summed E-state index contributed by atoms with van der Waals surface area (Å²) in [5.41, 5.74) is 0.742. The van der Waals surface area contributed by atoms with Crippen LogP contribution in [0.15, 0.2) is 47.5 Å². The van der Waals surface area contributed by atoms with Gasteiger partial charge in [-0.2, -0.15) is 4.31 Å². The predicted octanol–water partition coefficient (Wildman–Crippen LogP) is 2.37.